The highest BCUT2D eigenvalue weighted by molar-refractivity contribution is 5.43. The molecule has 0 aliphatic carbocycles. The van der Waals surface area contributed by atoms with Gasteiger partial charge < -0.3 is 14.4 Å². The topological polar surface area (TPSA) is 80.2 Å². The Morgan fingerprint density at radius 1 is 1.20 bits per heavy atom. The van der Waals surface area contributed by atoms with E-state index in [4.69, 9.17) is 9.05 Å². The van der Waals surface area contributed by atoms with Crippen molar-refractivity contribution in [1.29, 1.82) is 0 Å². The molecule has 0 bridgehead atoms. The number of rotatable bonds is 3. The molecular weight excluding hydrogens is 258 g/mol. The summed E-state index contributed by atoms with van der Waals surface area (Å²) >= 11 is 0. The molecule has 2 aromatic rings. The number of aryl methyl sites for hydroxylation is 1. The van der Waals surface area contributed by atoms with Gasteiger partial charge in [0.1, 0.15) is 0 Å². The zero-order valence-corrected chi connectivity index (χ0v) is 12.0. The molecule has 3 heterocycles. The summed E-state index contributed by atoms with van der Waals surface area (Å²) < 4.78 is 10.5. The van der Waals surface area contributed by atoms with Gasteiger partial charge in [0, 0.05) is 32.2 Å². The minimum atomic E-state index is -0.265. The predicted octanol–water partition coefficient (Wildman–Crippen LogP) is 1.17. The average Bonchev–Trinajstić information content (AvgIpc) is 3.08. The van der Waals surface area contributed by atoms with Crippen LogP contribution in [0.2, 0.25) is 0 Å². The van der Waals surface area contributed by atoms with E-state index in [1.165, 1.54) is 0 Å². The quantitative estimate of drug-likeness (QED) is 0.902. The van der Waals surface area contributed by atoms with Crippen molar-refractivity contribution >= 4 is 0 Å². The van der Waals surface area contributed by atoms with Gasteiger partial charge in [0.2, 0.25) is 5.76 Å². The second-order valence-corrected chi connectivity index (χ2v) is 5.55. The summed E-state index contributed by atoms with van der Waals surface area (Å²) in [7, 11) is 0. The Hall–Kier alpha value is -1.73. The van der Waals surface area contributed by atoms with Crippen LogP contribution in [0.15, 0.2) is 15.1 Å². The van der Waals surface area contributed by atoms with Gasteiger partial charge in [-0.3, -0.25) is 4.90 Å². The maximum absolute atomic E-state index is 5.30. The fraction of sp³-hybridized carbons (Fsp3) is 0.615. The van der Waals surface area contributed by atoms with E-state index >= 15 is 0 Å². The van der Waals surface area contributed by atoms with Crippen LogP contribution in [0.5, 0.6) is 0 Å². The van der Waals surface area contributed by atoms with Crippen molar-refractivity contribution in [3.05, 3.63) is 17.6 Å². The number of piperazine rings is 1. The predicted molar refractivity (Wildman–Crippen MR) is 72.0 cm³/mol. The zero-order chi connectivity index (χ0) is 14.2. The standard InChI is InChI=1S/C13H19N5O2/c1-9-8-10(19-16-9)11-15-12(17-20-11)13(2,3)18-6-4-14-5-7-18/h8,14H,4-7H2,1-3H3. The van der Waals surface area contributed by atoms with Crippen molar-refractivity contribution in [3.63, 3.8) is 0 Å². The fourth-order valence-electron chi connectivity index (χ4n) is 2.40. The van der Waals surface area contributed by atoms with Crippen LogP contribution in [0, 0.1) is 6.92 Å². The molecule has 0 amide bonds. The van der Waals surface area contributed by atoms with Gasteiger partial charge in [0.05, 0.1) is 11.2 Å². The van der Waals surface area contributed by atoms with E-state index in [0.717, 1.165) is 31.9 Å². The molecule has 1 saturated heterocycles. The van der Waals surface area contributed by atoms with E-state index in [9.17, 15) is 0 Å². The van der Waals surface area contributed by atoms with Crippen molar-refractivity contribution < 1.29 is 9.05 Å². The number of aromatic nitrogens is 3. The van der Waals surface area contributed by atoms with Gasteiger partial charge in [-0.1, -0.05) is 10.3 Å². The minimum Gasteiger partial charge on any atom is -0.351 e. The van der Waals surface area contributed by atoms with Gasteiger partial charge in [-0.15, -0.1) is 0 Å². The van der Waals surface area contributed by atoms with E-state index in [-0.39, 0.29) is 5.54 Å². The van der Waals surface area contributed by atoms with Crippen LogP contribution < -0.4 is 5.32 Å². The molecule has 1 aliphatic heterocycles. The highest BCUT2D eigenvalue weighted by atomic mass is 16.5. The molecule has 1 aliphatic rings. The Labute approximate surface area is 117 Å². The highest BCUT2D eigenvalue weighted by Gasteiger charge is 2.34. The number of hydrogen-bond donors (Lipinski definition) is 1. The van der Waals surface area contributed by atoms with E-state index in [1.807, 2.05) is 6.92 Å². The first-order valence-electron chi connectivity index (χ1n) is 6.81. The Morgan fingerprint density at radius 3 is 2.60 bits per heavy atom. The molecule has 1 fully saturated rings. The van der Waals surface area contributed by atoms with Crippen LogP contribution in [-0.4, -0.2) is 46.4 Å². The van der Waals surface area contributed by atoms with Crippen LogP contribution in [0.25, 0.3) is 11.7 Å². The maximum Gasteiger partial charge on any atom is 0.296 e. The van der Waals surface area contributed by atoms with Crippen LogP contribution in [0.1, 0.15) is 25.4 Å². The molecule has 0 aromatic carbocycles. The van der Waals surface area contributed by atoms with Gasteiger partial charge in [-0.25, -0.2) is 0 Å². The first kappa shape index (κ1) is 13.3. The minimum absolute atomic E-state index is 0.265. The third-order valence-electron chi connectivity index (χ3n) is 3.72. The summed E-state index contributed by atoms with van der Waals surface area (Å²) in [4.78, 5) is 6.82. The van der Waals surface area contributed by atoms with Crippen LogP contribution in [0.4, 0.5) is 0 Å². The van der Waals surface area contributed by atoms with Crippen molar-refractivity contribution in [2.24, 2.45) is 0 Å². The summed E-state index contributed by atoms with van der Waals surface area (Å²) in [5, 5.41) is 11.3. The Balaban J connectivity index is 1.85. The molecule has 0 radical (unpaired) electrons. The Kier molecular flexibility index (Phi) is 3.31. The molecule has 3 rings (SSSR count). The summed E-state index contributed by atoms with van der Waals surface area (Å²) in [5.74, 6) is 1.56. The maximum atomic E-state index is 5.30. The van der Waals surface area contributed by atoms with Crippen LogP contribution >= 0.6 is 0 Å². The van der Waals surface area contributed by atoms with Crippen molar-refractivity contribution in [2.45, 2.75) is 26.3 Å². The average molecular weight is 277 g/mol. The summed E-state index contributed by atoms with van der Waals surface area (Å²) in [5.41, 5.74) is 0.528. The largest absolute Gasteiger partial charge is 0.351 e. The molecule has 7 nitrogen and oxygen atoms in total. The van der Waals surface area contributed by atoms with Gasteiger partial charge in [0.15, 0.2) is 5.82 Å². The lowest BCUT2D eigenvalue weighted by Crippen LogP contribution is -2.52. The van der Waals surface area contributed by atoms with Gasteiger partial charge in [-0.2, -0.15) is 4.98 Å². The molecule has 1 N–H and O–H groups in total. The molecule has 108 valence electrons. The van der Waals surface area contributed by atoms with Crippen LogP contribution in [0.3, 0.4) is 0 Å². The number of hydrogen-bond acceptors (Lipinski definition) is 7. The van der Waals surface area contributed by atoms with E-state index in [2.05, 4.69) is 39.4 Å². The fourth-order valence-corrected chi connectivity index (χ4v) is 2.40. The van der Waals surface area contributed by atoms with Gasteiger partial charge in [-0.05, 0) is 20.8 Å². The molecule has 7 heteroatoms. The van der Waals surface area contributed by atoms with E-state index < -0.39 is 0 Å². The lowest BCUT2D eigenvalue weighted by molar-refractivity contribution is 0.0924. The van der Waals surface area contributed by atoms with Gasteiger partial charge >= 0.3 is 0 Å². The molecule has 0 unspecified atom stereocenters. The molecular formula is C13H19N5O2. The van der Waals surface area contributed by atoms with Crippen molar-refractivity contribution in [3.8, 4) is 11.7 Å². The monoisotopic (exact) mass is 277 g/mol. The normalized spacial score (nSPS) is 17.6. The first-order chi connectivity index (χ1) is 9.57. The van der Waals surface area contributed by atoms with E-state index in [0.29, 0.717) is 17.5 Å². The molecule has 0 atom stereocenters. The molecule has 20 heavy (non-hydrogen) atoms. The van der Waals surface area contributed by atoms with Crippen LogP contribution in [-0.2, 0) is 5.54 Å². The third kappa shape index (κ3) is 2.34. The molecule has 0 spiro atoms. The molecule has 2 aromatic heterocycles. The molecule has 0 saturated carbocycles. The lowest BCUT2D eigenvalue weighted by Gasteiger charge is -2.38. The number of nitrogens with one attached hydrogen (secondary N) is 1. The second kappa shape index (κ2) is 4.99. The Bertz CT molecular complexity index is 583. The highest BCUT2D eigenvalue weighted by Crippen LogP contribution is 2.28. The zero-order valence-electron chi connectivity index (χ0n) is 12.0. The van der Waals surface area contributed by atoms with Gasteiger partial charge in [0.25, 0.3) is 5.89 Å². The summed E-state index contributed by atoms with van der Waals surface area (Å²) in [6, 6.07) is 1.79. The van der Waals surface area contributed by atoms with E-state index in [1.54, 1.807) is 6.07 Å². The lowest BCUT2D eigenvalue weighted by atomic mass is 10.0. The second-order valence-electron chi connectivity index (χ2n) is 5.55. The van der Waals surface area contributed by atoms with Crippen molar-refractivity contribution in [1.82, 2.24) is 25.5 Å². The third-order valence-corrected chi connectivity index (χ3v) is 3.72. The van der Waals surface area contributed by atoms with Crippen molar-refractivity contribution in [2.75, 3.05) is 26.2 Å². The first-order valence-corrected chi connectivity index (χ1v) is 6.81. The SMILES string of the molecule is Cc1cc(-c2nc(C(C)(C)N3CCNCC3)no2)on1. The Morgan fingerprint density at radius 2 is 1.95 bits per heavy atom. The smallest absolute Gasteiger partial charge is 0.296 e. The number of nitrogens with zero attached hydrogens (tertiary/aromatic N) is 4. The summed E-state index contributed by atoms with van der Waals surface area (Å²) in [6.07, 6.45) is 0. The summed E-state index contributed by atoms with van der Waals surface area (Å²) in [6.45, 7) is 9.98.